The van der Waals surface area contributed by atoms with Gasteiger partial charge in [-0.25, -0.2) is 0 Å². The maximum absolute atomic E-state index is 6.10. The summed E-state index contributed by atoms with van der Waals surface area (Å²) < 4.78 is 12.0. The van der Waals surface area contributed by atoms with Gasteiger partial charge < -0.3 is 9.47 Å². The highest BCUT2D eigenvalue weighted by molar-refractivity contribution is 5.60. The number of ether oxygens (including phenoxy) is 2. The number of hydrogen-bond acceptors (Lipinski definition) is 2. The van der Waals surface area contributed by atoms with Crippen LogP contribution in [-0.4, -0.2) is 6.61 Å². The van der Waals surface area contributed by atoms with Crippen LogP contribution in [0.3, 0.4) is 0 Å². The van der Waals surface area contributed by atoms with Gasteiger partial charge in [-0.15, -0.1) is 0 Å². The van der Waals surface area contributed by atoms with Gasteiger partial charge in [0.05, 0.1) is 6.61 Å². The van der Waals surface area contributed by atoms with Crippen molar-refractivity contribution >= 4 is 6.08 Å². The second-order valence-electron chi connectivity index (χ2n) is 9.15. The Morgan fingerprint density at radius 2 is 1.74 bits per heavy atom. The minimum atomic E-state index is 0.168. The van der Waals surface area contributed by atoms with Crippen LogP contribution in [0.15, 0.2) is 78.1 Å². The van der Waals surface area contributed by atoms with Crippen LogP contribution in [0.5, 0.6) is 5.75 Å². The van der Waals surface area contributed by atoms with Gasteiger partial charge in [0.2, 0.25) is 0 Å². The van der Waals surface area contributed by atoms with E-state index in [1.165, 1.54) is 16.7 Å². The van der Waals surface area contributed by atoms with Crippen molar-refractivity contribution in [3.8, 4) is 5.75 Å². The molecule has 0 amide bonds. The van der Waals surface area contributed by atoms with Gasteiger partial charge in [0.15, 0.2) is 0 Å². The number of benzene rings is 2. The first-order chi connectivity index (χ1) is 14.9. The third-order valence-corrected chi connectivity index (χ3v) is 5.60. The lowest BCUT2D eigenvalue weighted by molar-refractivity contribution is 0.196. The topological polar surface area (TPSA) is 18.5 Å². The molecule has 1 atom stereocenters. The van der Waals surface area contributed by atoms with Crippen LogP contribution < -0.4 is 4.74 Å². The van der Waals surface area contributed by atoms with Crippen LogP contribution in [0.4, 0.5) is 0 Å². The van der Waals surface area contributed by atoms with Gasteiger partial charge in [0.25, 0.3) is 0 Å². The minimum absolute atomic E-state index is 0.168. The monoisotopic (exact) mass is 416 g/mol. The fourth-order valence-corrected chi connectivity index (χ4v) is 3.87. The molecular formula is C29H36O2. The molecule has 3 rings (SSSR count). The maximum Gasteiger partial charge on any atom is 0.120 e. The lowest BCUT2D eigenvalue weighted by atomic mass is 9.87. The number of allylic oxidation sites excluding steroid dienone is 4. The third-order valence-electron chi connectivity index (χ3n) is 5.60. The fraction of sp³-hybridized carbons (Fsp3) is 0.379. The first-order valence-corrected chi connectivity index (χ1v) is 11.5. The summed E-state index contributed by atoms with van der Waals surface area (Å²) >= 11 is 0. The van der Waals surface area contributed by atoms with Gasteiger partial charge in [-0.05, 0) is 59.2 Å². The lowest BCUT2D eigenvalue weighted by Gasteiger charge is -2.24. The Morgan fingerprint density at radius 3 is 2.42 bits per heavy atom. The average molecular weight is 417 g/mol. The SMILES string of the molecule is CCCC1C(=Cc2cccc(OCc3ccc(C(C)(C)C)cc3)c2)C=CC=C1OCC. The second kappa shape index (κ2) is 10.5. The molecule has 31 heavy (non-hydrogen) atoms. The zero-order chi connectivity index (χ0) is 22.3. The Bertz CT molecular complexity index is 939. The predicted octanol–water partition coefficient (Wildman–Crippen LogP) is 7.85. The van der Waals surface area contributed by atoms with E-state index in [0.717, 1.165) is 29.9 Å². The van der Waals surface area contributed by atoms with Gasteiger partial charge in [-0.1, -0.05) is 88.7 Å². The van der Waals surface area contributed by atoms with Crippen LogP contribution in [0.25, 0.3) is 6.08 Å². The summed E-state index contributed by atoms with van der Waals surface area (Å²) in [6.07, 6.45) is 10.9. The smallest absolute Gasteiger partial charge is 0.120 e. The quantitative estimate of drug-likeness (QED) is 0.436. The van der Waals surface area contributed by atoms with Crippen molar-refractivity contribution in [2.24, 2.45) is 5.92 Å². The minimum Gasteiger partial charge on any atom is -0.498 e. The molecule has 0 bridgehead atoms. The molecule has 0 heterocycles. The Kier molecular flexibility index (Phi) is 7.79. The van der Waals surface area contributed by atoms with E-state index in [9.17, 15) is 0 Å². The van der Waals surface area contributed by atoms with Crippen molar-refractivity contribution in [2.75, 3.05) is 6.61 Å². The van der Waals surface area contributed by atoms with Crippen LogP contribution in [0.1, 0.15) is 64.2 Å². The molecule has 1 unspecified atom stereocenters. The lowest BCUT2D eigenvalue weighted by Crippen LogP contribution is -2.12. The molecule has 0 radical (unpaired) electrons. The third kappa shape index (κ3) is 6.37. The Labute approximate surface area is 188 Å². The summed E-state index contributed by atoms with van der Waals surface area (Å²) in [4.78, 5) is 0. The summed E-state index contributed by atoms with van der Waals surface area (Å²) in [6.45, 7) is 12.2. The van der Waals surface area contributed by atoms with Crippen LogP contribution in [0, 0.1) is 5.92 Å². The van der Waals surface area contributed by atoms with E-state index >= 15 is 0 Å². The molecule has 0 aromatic heterocycles. The van der Waals surface area contributed by atoms with Gasteiger partial charge in [0, 0.05) is 5.92 Å². The molecule has 1 aliphatic rings. The average Bonchev–Trinajstić information content (AvgIpc) is 2.75. The van der Waals surface area contributed by atoms with Crippen molar-refractivity contribution < 1.29 is 9.47 Å². The molecule has 2 aromatic carbocycles. The van der Waals surface area contributed by atoms with E-state index in [1.54, 1.807) is 0 Å². The highest BCUT2D eigenvalue weighted by Gasteiger charge is 2.20. The van der Waals surface area contributed by atoms with Gasteiger partial charge in [-0.2, -0.15) is 0 Å². The summed E-state index contributed by atoms with van der Waals surface area (Å²) in [5.41, 5.74) is 5.14. The number of rotatable bonds is 8. The molecule has 1 aliphatic carbocycles. The summed E-state index contributed by atoms with van der Waals surface area (Å²) in [7, 11) is 0. The van der Waals surface area contributed by atoms with Gasteiger partial charge in [-0.3, -0.25) is 0 Å². The predicted molar refractivity (Wildman–Crippen MR) is 131 cm³/mol. The molecule has 2 nitrogen and oxygen atoms in total. The molecule has 0 fully saturated rings. The van der Waals surface area contributed by atoms with E-state index in [-0.39, 0.29) is 5.41 Å². The molecule has 0 spiro atoms. The summed E-state index contributed by atoms with van der Waals surface area (Å²) in [5.74, 6) is 2.28. The molecule has 0 aliphatic heterocycles. The molecule has 0 saturated heterocycles. The van der Waals surface area contributed by atoms with Crippen molar-refractivity contribution in [1.82, 2.24) is 0 Å². The van der Waals surface area contributed by atoms with Crippen LogP contribution in [-0.2, 0) is 16.8 Å². The Hall–Kier alpha value is -2.74. The first-order valence-electron chi connectivity index (χ1n) is 11.5. The second-order valence-corrected chi connectivity index (χ2v) is 9.15. The van der Waals surface area contributed by atoms with E-state index in [1.807, 2.05) is 13.0 Å². The van der Waals surface area contributed by atoms with E-state index in [0.29, 0.717) is 19.1 Å². The summed E-state index contributed by atoms with van der Waals surface area (Å²) in [6, 6.07) is 17.1. The zero-order valence-corrected chi connectivity index (χ0v) is 19.7. The molecule has 0 N–H and O–H groups in total. The molecule has 164 valence electrons. The van der Waals surface area contributed by atoms with Crippen LogP contribution >= 0.6 is 0 Å². The molecular weight excluding hydrogens is 380 g/mol. The van der Waals surface area contributed by atoms with E-state index in [4.69, 9.17) is 9.47 Å². The number of hydrogen-bond donors (Lipinski definition) is 0. The molecule has 2 aromatic rings. The first kappa shape index (κ1) is 22.9. The Balaban J connectivity index is 1.71. The largest absolute Gasteiger partial charge is 0.498 e. The van der Waals surface area contributed by atoms with Crippen molar-refractivity contribution in [2.45, 2.75) is 59.5 Å². The Morgan fingerprint density at radius 1 is 0.968 bits per heavy atom. The van der Waals surface area contributed by atoms with E-state index < -0.39 is 0 Å². The van der Waals surface area contributed by atoms with E-state index in [2.05, 4.69) is 94.5 Å². The molecule has 2 heteroatoms. The molecule has 0 saturated carbocycles. The maximum atomic E-state index is 6.10. The van der Waals surface area contributed by atoms with Crippen molar-refractivity contribution in [3.63, 3.8) is 0 Å². The van der Waals surface area contributed by atoms with Gasteiger partial charge in [0.1, 0.15) is 18.1 Å². The van der Waals surface area contributed by atoms with Crippen molar-refractivity contribution in [3.05, 3.63) is 94.8 Å². The summed E-state index contributed by atoms with van der Waals surface area (Å²) in [5, 5.41) is 0. The van der Waals surface area contributed by atoms with Crippen LogP contribution in [0.2, 0.25) is 0 Å². The highest BCUT2D eigenvalue weighted by Crippen LogP contribution is 2.32. The normalized spacial score (nSPS) is 17.5. The highest BCUT2D eigenvalue weighted by atomic mass is 16.5. The van der Waals surface area contributed by atoms with Gasteiger partial charge >= 0.3 is 0 Å². The fourth-order valence-electron chi connectivity index (χ4n) is 3.87. The zero-order valence-electron chi connectivity index (χ0n) is 19.7. The van der Waals surface area contributed by atoms with Crippen molar-refractivity contribution in [1.29, 1.82) is 0 Å². The standard InChI is InChI=1S/C29H36O2/c1-6-10-27-24(12-9-14-28(27)30-7-2)19-23-11-8-13-26(20-23)31-21-22-15-17-25(18-16-22)29(3,4)5/h8-9,11-20,27H,6-7,10,21H2,1-5H3.